The molecule has 7 nitrogen and oxygen atoms in total. The highest BCUT2D eigenvalue weighted by molar-refractivity contribution is 9.10. The normalized spacial score (nSPS) is 12.0. The number of carbonyl (C=O) groups is 2. The summed E-state index contributed by atoms with van der Waals surface area (Å²) in [6.07, 6.45) is 0. The molecule has 0 aliphatic heterocycles. The molecule has 0 fully saturated rings. The highest BCUT2D eigenvalue weighted by atomic mass is 79.9. The summed E-state index contributed by atoms with van der Waals surface area (Å²) >= 11 is 9.38. The predicted molar refractivity (Wildman–Crippen MR) is 145 cm³/mol. The smallest absolute Gasteiger partial charge is 0.264 e. The van der Waals surface area contributed by atoms with Gasteiger partial charge in [0.1, 0.15) is 12.6 Å². The molecule has 3 rings (SSSR count). The van der Waals surface area contributed by atoms with Crippen molar-refractivity contribution in [1.82, 2.24) is 10.2 Å². The molecule has 0 saturated carbocycles. The van der Waals surface area contributed by atoms with Crippen molar-refractivity contribution >= 4 is 55.1 Å². The molecule has 0 spiro atoms. The predicted octanol–water partition coefficient (Wildman–Crippen LogP) is 4.85. The second-order valence-electron chi connectivity index (χ2n) is 8.02. The molecule has 0 bridgehead atoms. The van der Waals surface area contributed by atoms with E-state index in [9.17, 15) is 18.0 Å². The number of hydrogen-bond acceptors (Lipinski definition) is 4. The van der Waals surface area contributed by atoms with Crippen molar-refractivity contribution in [2.45, 2.75) is 31.3 Å². The minimum Gasteiger partial charge on any atom is -0.355 e. The van der Waals surface area contributed by atoms with Crippen molar-refractivity contribution in [3.05, 3.63) is 93.9 Å². The van der Waals surface area contributed by atoms with Gasteiger partial charge in [0.15, 0.2) is 0 Å². The molecule has 1 atom stereocenters. The third-order valence-corrected chi connectivity index (χ3v) is 8.02. The fraction of sp³-hybridized carbons (Fsp3) is 0.231. The zero-order valence-corrected chi connectivity index (χ0v) is 23.1. The van der Waals surface area contributed by atoms with Gasteiger partial charge >= 0.3 is 0 Å². The molecule has 0 unspecified atom stereocenters. The van der Waals surface area contributed by atoms with E-state index in [2.05, 4.69) is 21.2 Å². The van der Waals surface area contributed by atoms with E-state index in [0.717, 1.165) is 9.87 Å². The highest BCUT2D eigenvalue weighted by Crippen LogP contribution is 2.27. The average Bonchev–Trinajstić information content (AvgIpc) is 2.87. The molecule has 3 aromatic carbocycles. The van der Waals surface area contributed by atoms with Crippen molar-refractivity contribution in [1.29, 1.82) is 0 Å². The molecular weight excluding hydrogens is 566 g/mol. The lowest BCUT2D eigenvalue weighted by atomic mass is 10.1. The van der Waals surface area contributed by atoms with Crippen LogP contribution in [0.15, 0.2) is 88.2 Å². The van der Waals surface area contributed by atoms with E-state index >= 15 is 0 Å². The number of sulfonamides is 1. The standard InChI is InChI=1S/C26H27BrClN3O4S/c1-3-29-26(33)19(2)30(17-20-12-14-22(28)15-13-20)25(32)18-31(23-9-7-8-21(27)16-23)36(34,35)24-10-5-4-6-11-24/h4-16,19H,3,17-18H2,1-2H3,(H,29,33)/t19-/m1/s1. The lowest BCUT2D eigenvalue weighted by Gasteiger charge is -2.32. The van der Waals surface area contributed by atoms with Gasteiger partial charge in [-0.2, -0.15) is 0 Å². The van der Waals surface area contributed by atoms with Crippen LogP contribution in [-0.4, -0.2) is 44.3 Å². The molecule has 2 amide bonds. The monoisotopic (exact) mass is 591 g/mol. The van der Waals surface area contributed by atoms with Crippen LogP contribution in [0.1, 0.15) is 19.4 Å². The molecule has 190 valence electrons. The number of nitrogens with one attached hydrogen (secondary N) is 1. The fourth-order valence-corrected chi connectivity index (χ4v) is 5.51. The minimum atomic E-state index is -4.09. The number of nitrogens with zero attached hydrogens (tertiary/aromatic N) is 2. The Kier molecular flexibility index (Phi) is 9.53. The van der Waals surface area contributed by atoms with Gasteiger partial charge in [0.2, 0.25) is 11.8 Å². The SMILES string of the molecule is CCNC(=O)[C@@H](C)N(Cc1ccc(Cl)cc1)C(=O)CN(c1cccc(Br)c1)S(=O)(=O)c1ccccc1. The summed E-state index contributed by atoms with van der Waals surface area (Å²) in [7, 11) is -4.09. The summed E-state index contributed by atoms with van der Waals surface area (Å²) in [5, 5.41) is 3.28. The van der Waals surface area contributed by atoms with Gasteiger partial charge in [-0.05, 0) is 61.9 Å². The number of carbonyl (C=O) groups excluding carboxylic acids is 2. The lowest BCUT2D eigenvalue weighted by Crippen LogP contribution is -2.51. The van der Waals surface area contributed by atoms with Crippen LogP contribution in [0.5, 0.6) is 0 Å². The Labute approximate surface area is 225 Å². The van der Waals surface area contributed by atoms with Crippen LogP contribution in [0, 0.1) is 0 Å². The largest absolute Gasteiger partial charge is 0.355 e. The first-order chi connectivity index (χ1) is 17.1. The molecule has 36 heavy (non-hydrogen) atoms. The summed E-state index contributed by atoms with van der Waals surface area (Å²) in [6.45, 7) is 3.42. The summed E-state index contributed by atoms with van der Waals surface area (Å²) < 4.78 is 29.0. The first-order valence-electron chi connectivity index (χ1n) is 11.3. The van der Waals surface area contributed by atoms with Crippen LogP contribution in [0.2, 0.25) is 5.02 Å². The highest BCUT2D eigenvalue weighted by Gasteiger charge is 2.32. The number of benzene rings is 3. The van der Waals surface area contributed by atoms with Crippen molar-refractivity contribution < 1.29 is 18.0 Å². The quantitative estimate of drug-likeness (QED) is 0.365. The zero-order valence-electron chi connectivity index (χ0n) is 19.9. The second kappa shape index (κ2) is 12.4. The van der Waals surface area contributed by atoms with Gasteiger partial charge in [0, 0.05) is 22.6 Å². The van der Waals surface area contributed by atoms with Gasteiger partial charge < -0.3 is 10.2 Å². The summed E-state index contributed by atoms with van der Waals surface area (Å²) in [5.74, 6) is -0.858. The van der Waals surface area contributed by atoms with Crippen molar-refractivity contribution in [2.24, 2.45) is 0 Å². The number of likely N-dealkylation sites (N-methyl/N-ethyl adjacent to an activating group) is 1. The van der Waals surface area contributed by atoms with E-state index in [1.165, 1.54) is 17.0 Å². The van der Waals surface area contributed by atoms with Gasteiger partial charge in [-0.3, -0.25) is 13.9 Å². The van der Waals surface area contributed by atoms with Gasteiger partial charge in [0.05, 0.1) is 10.6 Å². The summed E-state index contributed by atoms with van der Waals surface area (Å²) in [6, 6.07) is 20.7. The number of halogens is 2. The number of rotatable bonds is 10. The average molecular weight is 593 g/mol. The summed E-state index contributed by atoms with van der Waals surface area (Å²) in [5.41, 5.74) is 1.07. The van der Waals surface area contributed by atoms with Crippen molar-refractivity contribution in [3.8, 4) is 0 Å². The lowest BCUT2D eigenvalue weighted by molar-refractivity contribution is -0.139. The van der Waals surface area contributed by atoms with Crippen molar-refractivity contribution in [2.75, 3.05) is 17.4 Å². The van der Waals surface area contributed by atoms with E-state index in [4.69, 9.17) is 11.6 Å². The van der Waals surface area contributed by atoms with Crippen LogP contribution in [-0.2, 0) is 26.2 Å². The molecule has 3 aromatic rings. The van der Waals surface area contributed by atoms with Crippen LogP contribution in [0.25, 0.3) is 0 Å². The third-order valence-electron chi connectivity index (χ3n) is 5.49. The molecule has 0 radical (unpaired) electrons. The molecule has 0 aromatic heterocycles. The van der Waals surface area contributed by atoms with Gasteiger partial charge in [-0.25, -0.2) is 8.42 Å². The van der Waals surface area contributed by atoms with Crippen LogP contribution in [0.3, 0.4) is 0 Å². The maximum atomic E-state index is 13.7. The van der Waals surface area contributed by atoms with Gasteiger partial charge in [-0.1, -0.05) is 63.9 Å². The Morgan fingerprint density at radius 1 is 1.00 bits per heavy atom. The molecule has 1 N–H and O–H groups in total. The molecule has 0 aliphatic carbocycles. The Morgan fingerprint density at radius 2 is 1.67 bits per heavy atom. The topological polar surface area (TPSA) is 86.8 Å². The van der Waals surface area contributed by atoms with Crippen molar-refractivity contribution in [3.63, 3.8) is 0 Å². The van der Waals surface area contributed by atoms with Crippen LogP contribution in [0.4, 0.5) is 5.69 Å². The summed E-state index contributed by atoms with van der Waals surface area (Å²) in [4.78, 5) is 27.8. The third kappa shape index (κ3) is 6.87. The molecular formula is C26H27BrClN3O4S. The first kappa shape index (κ1) is 27.7. The molecule has 10 heteroatoms. The van der Waals surface area contributed by atoms with Gasteiger partial charge in [0.25, 0.3) is 10.0 Å². The maximum Gasteiger partial charge on any atom is 0.264 e. The Hall–Kier alpha value is -2.88. The molecule has 0 aliphatic rings. The maximum absolute atomic E-state index is 13.7. The number of anilines is 1. The Bertz CT molecular complexity index is 1300. The Balaban J connectivity index is 2.01. The number of amides is 2. The van der Waals surface area contributed by atoms with Crippen LogP contribution >= 0.6 is 27.5 Å². The zero-order chi connectivity index (χ0) is 26.3. The van der Waals surface area contributed by atoms with Gasteiger partial charge in [-0.15, -0.1) is 0 Å². The molecule has 0 heterocycles. The number of hydrogen-bond donors (Lipinski definition) is 1. The van der Waals surface area contributed by atoms with Crippen LogP contribution < -0.4 is 9.62 Å². The van der Waals surface area contributed by atoms with E-state index < -0.39 is 28.5 Å². The molecule has 0 saturated heterocycles. The van der Waals surface area contributed by atoms with E-state index in [-0.39, 0.29) is 17.3 Å². The minimum absolute atomic E-state index is 0.0544. The Morgan fingerprint density at radius 3 is 2.28 bits per heavy atom. The van der Waals surface area contributed by atoms with E-state index in [1.54, 1.807) is 80.6 Å². The fourth-order valence-electron chi connectivity index (χ4n) is 3.57. The van der Waals surface area contributed by atoms with E-state index in [0.29, 0.717) is 21.7 Å². The first-order valence-corrected chi connectivity index (χ1v) is 13.9. The van der Waals surface area contributed by atoms with E-state index in [1.807, 2.05) is 0 Å². The second-order valence-corrected chi connectivity index (χ2v) is 11.2.